The minimum absolute atomic E-state index is 0.111. The fraction of sp³-hybridized carbons (Fsp3) is 0.235. The first kappa shape index (κ1) is 18.9. The molecule has 0 saturated heterocycles. The lowest BCUT2D eigenvalue weighted by Gasteiger charge is -2.08. The zero-order chi connectivity index (χ0) is 17.5. The average molecular weight is 388 g/mol. The number of rotatable bonds is 7. The van der Waals surface area contributed by atoms with Crippen LogP contribution < -0.4 is 10.1 Å². The fourth-order valence-electron chi connectivity index (χ4n) is 1.97. The second kappa shape index (κ2) is 9.16. The van der Waals surface area contributed by atoms with E-state index < -0.39 is 5.82 Å². The van der Waals surface area contributed by atoms with E-state index in [4.69, 9.17) is 27.9 Å². The normalized spacial score (nSPS) is 10.5. The summed E-state index contributed by atoms with van der Waals surface area (Å²) < 4.78 is 18.4. The van der Waals surface area contributed by atoms with Gasteiger partial charge in [-0.15, -0.1) is 11.8 Å². The van der Waals surface area contributed by atoms with E-state index in [1.54, 1.807) is 30.3 Å². The van der Waals surface area contributed by atoms with Crippen molar-refractivity contribution in [2.24, 2.45) is 0 Å². The van der Waals surface area contributed by atoms with E-state index in [9.17, 15) is 9.18 Å². The molecule has 24 heavy (non-hydrogen) atoms. The standard InChI is InChI=1S/C17H16Cl2FNO2S/c1-23-16-5-2-11(6-15(16)20)9-24-10-17(22)21-8-12-3-4-13(18)7-14(12)19/h2-7H,8-10H2,1H3,(H,21,22). The molecule has 0 spiro atoms. The number of carbonyl (C=O) groups is 1. The van der Waals surface area contributed by atoms with Crippen molar-refractivity contribution in [2.75, 3.05) is 12.9 Å². The maximum Gasteiger partial charge on any atom is 0.230 e. The number of benzene rings is 2. The third-order valence-electron chi connectivity index (χ3n) is 3.21. The lowest BCUT2D eigenvalue weighted by molar-refractivity contribution is -0.118. The largest absolute Gasteiger partial charge is 0.494 e. The topological polar surface area (TPSA) is 38.3 Å². The van der Waals surface area contributed by atoms with Gasteiger partial charge in [-0.3, -0.25) is 4.79 Å². The number of thioether (sulfide) groups is 1. The predicted octanol–water partition coefficient (Wildman–Crippen LogP) is 4.69. The number of nitrogens with one attached hydrogen (secondary N) is 1. The molecule has 0 saturated carbocycles. The van der Waals surface area contributed by atoms with Crippen molar-refractivity contribution in [3.05, 3.63) is 63.4 Å². The molecule has 2 aromatic rings. The third-order valence-corrected chi connectivity index (χ3v) is 4.80. The Kier molecular flexibility index (Phi) is 7.21. The maximum absolute atomic E-state index is 13.6. The number of hydrogen-bond donors (Lipinski definition) is 1. The molecular weight excluding hydrogens is 372 g/mol. The Labute approximate surface area is 154 Å². The summed E-state index contributed by atoms with van der Waals surface area (Å²) >= 11 is 13.3. The summed E-state index contributed by atoms with van der Waals surface area (Å²) in [5.74, 6) is 0.508. The van der Waals surface area contributed by atoms with Crippen LogP contribution in [0, 0.1) is 5.82 Å². The van der Waals surface area contributed by atoms with E-state index in [1.807, 2.05) is 0 Å². The summed E-state index contributed by atoms with van der Waals surface area (Å²) in [6.45, 7) is 0.340. The third kappa shape index (κ3) is 5.58. The van der Waals surface area contributed by atoms with Gasteiger partial charge in [0.1, 0.15) is 0 Å². The van der Waals surface area contributed by atoms with E-state index in [0.717, 1.165) is 11.1 Å². The fourth-order valence-corrected chi connectivity index (χ4v) is 3.25. The summed E-state index contributed by atoms with van der Waals surface area (Å²) in [5, 5.41) is 3.86. The molecule has 1 amide bonds. The monoisotopic (exact) mass is 387 g/mol. The molecule has 0 radical (unpaired) electrons. The van der Waals surface area contributed by atoms with Gasteiger partial charge in [0.05, 0.1) is 12.9 Å². The Morgan fingerprint density at radius 1 is 1.25 bits per heavy atom. The minimum atomic E-state index is -0.405. The highest BCUT2D eigenvalue weighted by molar-refractivity contribution is 7.99. The quantitative estimate of drug-likeness (QED) is 0.748. The smallest absolute Gasteiger partial charge is 0.230 e. The Bertz CT molecular complexity index is 728. The molecule has 0 aliphatic rings. The minimum Gasteiger partial charge on any atom is -0.494 e. The first-order chi connectivity index (χ1) is 11.5. The highest BCUT2D eigenvalue weighted by atomic mass is 35.5. The lowest BCUT2D eigenvalue weighted by Crippen LogP contribution is -2.24. The molecule has 0 aromatic heterocycles. The van der Waals surface area contributed by atoms with Gasteiger partial charge >= 0.3 is 0 Å². The number of halogens is 3. The highest BCUT2D eigenvalue weighted by Gasteiger charge is 2.07. The molecule has 2 rings (SSSR count). The Morgan fingerprint density at radius 3 is 2.71 bits per heavy atom. The molecule has 7 heteroatoms. The first-order valence-electron chi connectivity index (χ1n) is 7.10. The molecule has 0 aliphatic heterocycles. The molecular formula is C17H16Cl2FNO2S. The summed E-state index contributed by atoms with van der Waals surface area (Å²) in [6.07, 6.45) is 0. The van der Waals surface area contributed by atoms with Crippen LogP contribution in [0.3, 0.4) is 0 Å². The van der Waals surface area contributed by atoms with Crippen LogP contribution in [0.25, 0.3) is 0 Å². The van der Waals surface area contributed by atoms with E-state index >= 15 is 0 Å². The summed E-state index contributed by atoms with van der Waals surface area (Å²) in [5.41, 5.74) is 1.60. The molecule has 0 fully saturated rings. The lowest BCUT2D eigenvalue weighted by atomic mass is 10.2. The molecule has 3 nitrogen and oxygen atoms in total. The van der Waals surface area contributed by atoms with Gasteiger partial charge < -0.3 is 10.1 Å². The van der Waals surface area contributed by atoms with Crippen LogP contribution >= 0.6 is 35.0 Å². The van der Waals surface area contributed by atoms with E-state index in [-0.39, 0.29) is 17.4 Å². The van der Waals surface area contributed by atoms with Gasteiger partial charge in [0.25, 0.3) is 0 Å². The van der Waals surface area contributed by atoms with Crippen molar-refractivity contribution in [1.82, 2.24) is 5.32 Å². The van der Waals surface area contributed by atoms with Gasteiger partial charge in [0.15, 0.2) is 11.6 Å². The van der Waals surface area contributed by atoms with Gasteiger partial charge in [-0.2, -0.15) is 0 Å². The van der Waals surface area contributed by atoms with Crippen molar-refractivity contribution in [1.29, 1.82) is 0 Å². The van der Waals surface area contributed by atoms with Crippen LogP contribution in [0.15, 0.2) is 36.4 Å². The van der Waals surface area contributed by atoms with Crippen molar-refractivity contribution in [3.63, 3.8) is 0 Å². The molecule has 0 aliphatic carbocycles. The molecule has 0 atom stereocenters. The van der Waals surface area contributed by atoms with Crippen LogP contribution in [0.2, 0.25) is 10.0 Å². The van der Waals surface area contributed by atoms with Gasteiger partial charge in [0.2, 0.25) is 5.91 Å². The van der Waals surface area contributed by atoms with Gasteiger partial charge in [0, 0.05) is 22.3 Å². The summed E-state index contributed by atoms with van der Waals surface area (Å²) in [6, 6.07) is 9.91. The van der Waals surface area contributed by atoms with Crippen LogP contribution in [0.4, 0.5) is 4.39 Å². The number of carbonyl (C=O) groups excluding carboxylic acids is 1. The highest BCUT2D eigenvalue weighted by Crippen LogP contribution is 2.22. The average Bonchev–Trinajstić information content (AvgIpc) is 2.54. The Hall–Kier alpha value is -1.43. The molecule has 0 heterocycles. The molecule has 0 unspecified atom stereocenters. The second-order valence-electron chi connectivity index (χ2n) is 4.97. The van der Waals surface area contributed by atoms with Crippen molar-refractivity contribution in [3.8, 4) is 5.75 Å². The number of methoxy groups -OCH3 is 1. The van der Waals surface area contributed by atoms with E-state index in [2.05, 4.69) is 5.32 Å². The van der Waals surface area contributed by atoms with Crippen LogP contribution in [-0.4, -0.2) is 18.8 Å². The second-order valence-corrected chi connectivity index (χ2v) is 6.80. The Balaban J connectivity index is 1.76. The van der Waals surface area contributed by atoms with E-state index in [1.165, 1.54) is 24.9 Å². The Morgan fingerprint density at radius 2 is 2.04 bits per heavy atom. The number of ether oxygens (including phenoxy) is 1. The van der Waals surface area contributed by atoms with Crippen molar-refractivity contribution < 1.29 is 13.9 Å². The predicted molar refractivity (Wildman–Crippen MR) is 97.4 cm³/mol. The van der Waals surface area contributed by atoms with Gasteiger partial charge in [-0.1, -0.05) is 35.3 Å². The summed E-state index contributed by atoms with van der Waals surface area (Å²) in [4.78, 5) is 11.9. The van der Waals surface area contributed by atoms with E-state index in [0.29, 0.717) is 22.3 Å². The molecule has 128 valence electrons. The van der Waals surface area contributed by atoms with Crippen molar-refractivity contribution >= 4 is 40.9 Å². The van der Waals surface area contributed by atoms with Crippen molar-refractivity contribution in [2.45, 2.75) is 12.3 Å². The zero-order valence-corrected chi connectivity index (χ0v) is 15.3. The molecule has 0 bridgehead atoms. The molecule has 2 aromatic carbocycles. The van der Waals surface area contributed by atoms with Crippen LogP contribution in [0.1, 0.15) is 11.1 Å². The van der Waals surface area contributed by atoms with Crippen LogP contribution in [-0.2, 0) is 17.1 Å². The number of amides is 1. The van der Waals surface area contributed by atoms with Crippen LogP contribution in [0.5, 0.6) is 5.75 Å². The summed E-state index contributed by atoms with van der Waals surface area (Å²) in [7, 11) is 1.42. The van der Waals surface area contributed by atoms with Gasteiger partial charge in [-0.05, 0) is 35.4 Å². The molecule has 1 N–H and O–H groups in total. The first-order valence-corrected chi connectivity index (χ1v) is 9.01. The zero-order valence-electron chi connectivity index (χ0n) is 12.9. The SMILES string of the molecule is COc1ccc(CSCC(=O)NCc2ccc(Cl)cc2Cl)cc1F. The van der Waals surface area contributed by atoms with Gasteiger partial charge in [-0.25, -0.2) is 4.39 Å². The maximum atomic E-state index is 13.6. The number of hydrogen-bond acceptors (Lipinski definition) is 3.